The molecule has 0 bridgehead atoms. The number of urea groups is 1. The Morgan fingerprint density at radius 3 is 2.33 bits per heavy atom. The van der Waals surface area contributed by atoms with Crippen LogP contribution in [0.5, 0.6) is 0 Å². The van der Waals surface area contributed by atoms with Gasteiger partial charge in [0.25, 0.3) is 11.8 Å². The third-order valence-electron chi connectivity index (χ3n) is 5.10. The molecule has 2 heterocycles. The molecule has 154 valence electrons. The number of nitrogens with one attached hydrogen (secondary N) is 1. The van der Waals surface area contributed by atoms with Crippen molar-refractivity contribution in [3.8, 4) is 0 Å². The number of carbonyl (C=O) groups is 3. The highest BCUT2D eigenvalue weighted by Gasteiger charge is 2.36. The molecule has 2 saturated heterocycles. The molecule has 2 aliphatic rings. The van der Waals surface area contributed by atoms with Gasteiger partial charge >= 0.3 is 6.03 Å². The first-order valence-corrected chi connectivity index (χ1v) is 9.92. The van der Waals surface area contributed by atoms with Gasteiger partial charge in [0.2, 0.25) is 0 Å². The van der Waals surface area contributed by atoms with Gasteiger partial charge in [0.15, 0.2) is 0 Å². The van der Waals surface area contributed by atoms with Crippen LogP contribution >= 0.6 is 11.6 Å². The Morgan fingerprint density at radius 2 is 1.67 bits per heavy atom. The van der Waals surface area contributed by atoms with E-state index in [1.54, 1.807) is 12.1 Å². The van der Waals surface area contributed by atoms with Crippen LogP contribution in [0.4, 0.5) is 16.2 Å². The molecule has 0 unspecified atom stereocenters. The quantitative estimate of drug-likeness (QED) is 0.603. The smallest absolute Gasteiger partial charge is 0.335 e. The summed E-state index contributed by atoms with van der Waals surface area (Å²) in [6, 6.07) is 11.6. The minimum atomic E-state index is -0.801. The molecule has 0 aliphatic carbocycles. The van der Waals surface area contributed by atoms with Gasteiger partial charge in [-0.2, -0.15) is 0 Å². The number of barbiturate groups is 1. The van der Waals surface area contributed by atoms with Crippen LogP contribution in [0, 0.1) is 6.92 Å². The molecule has 0 spiro atoms. The Balaban J connectivity index is 1.61. The lowest BCUT2D eigenvalue weighted by molar-refractivity contribution is -0.122. The van der Waals surface area contributed by atoms with Gasteiger partial charge in [0.05, 0.1) is 18.9 Å². The molecular weight excluding hydrogens is 406 g/mol. The van der Waals surface area contributed by atoms with Crippen molar-refractivity contribution < 1.29 is 19.1 Å². The van der Waals surface area contributed by atoms with E-state index in [4.69, 9.17) is 16.3 Å². The minimum Gasteiger partial charge on any atom is -0.378 e. The third-order valence-corrected chi connectivity index (χ3v) is 5.50. The second kappa shape index (κ2) is 8.30. The summed E-state index contributed by atoms with van der Waals surface area (Å²) in [5.74, 6) is -1.42. The van der Waals surface area contributed by atoms with Crippen molar-refractivity contribution in [2.24, 2.45) is 0 Å². The fourth-order valence-electron chi connectivity index (χ4n) is 3.38. The molecule has 0 aromatic heterocycles. The lowest BCUT2D eigenvalue weighted by Gasteiger charge is -2.29. The number of ether oxygens (including phenoxy) is 1. The molecule has 8 heteroatoms. The van der Waals surface area contributed by atoms with Crippen molar-refractivity contribution >= 4 is 46.9 Å². The number of carbonyl (C=O) groups excluding carboxylic acids is 3. The normalized spacial score (nSPS) is 18.7. The maximum atomic E-state index is 13.0. The van der Waals surface area contributed by atoms with Gasteiger partial charge in [-0.15, -0.1) is 0 Å². The fourth-order valence-corrected chi connectivity index (χ4v) is 3.56. The summed E-state index contributed by atoms with van der Waals surface area (Å²) < 4.78 is 5.36. The van der Waals surface area contributed by atoms with E-state index in [0.717, 1.165) is 29.2 Å². The SMILES string of the molecule is Cc1ccc(N2C(=O)NC(=O)C(=Cc3ccc(N4CCOCC4)cc3)C2=O)cc1Cl. The zero-order valence-corrected chi connectivity index (χ0v) is 17.1. The molecule has 0 atom stereocenters. The number of nitrogens with zero attached hydrogens (tertiary/aromatic N) is 2. The Hall–Kier alpha value is -3.16. The molecule has 1 N–H and O–H groups in total. The highest BCUT2D eigenvalue weighted by atomic mass is 35.5. The van der Waals surface area contributed by atoms with E-state index in [1.165, 1.54) is 12.1 Å². The van der Waals surface area contributed by atoms with Gasteiger partial charge < -0.3 is 9.64 Å². The second-order valence-electron chi connectivity index (χ2n) is 7.08. The van der Waals surface area contributed by atoms with Gasteiger partial charge in [-0.1, -0.05) is 29.8 Å². The molecule has 2 aromatic rings. The largest absolute Gasteiger partial charge is 0.378 e. The van der Waals surface area contributed by atoms with Gasteiger partial charge in [-0.25, -0.2) is 9.69 Å². The molecule has 0 radical (unpaired) electrons. The van der Waals surface area contributed by atoms with Crippen LogP contribution in [0.3, 0.4) is 0 Å². The molecule has 4 rings (SSSR count). The average molecular weight is 426 g/mol. The standard InChI is InChI=1S/C22H20ClN3O4/c1-14-2-5-17(13-19(14)23)26-21(28)18(20(27)24-22(26)29)12-15-3-6-16(7-4-15)25-8-10-30-11-9-25/h2-7,12-13H,8-11H2,1H3,(H,24,27,29). The van der Waals surface area contributed by atoms with Crippen LogP contribution in [0.15, 0.2) is 48.0 Å². The maximum absolute atomic E-state index is 13.0. The van der Waals surface area contributed by atoms with Gasteiger partial charge in [-0.3, -0.25) is 14.9 Å². The number of anilines is 2. The van der Waals surface area contributed by atoms with Crippen LogP contribution in [0.1, 0.15) is 11.1 Å². The van der Waals surface area contributed by atoms with Crippen molar-refractivity contribution in [1.29, 1.82) is 0 Å². The average Bonchev–Trinajstić information content (AvgIpc) is 2.74. The molecule has 4 amide bonds. The molecule has 2 fully saturated rings. The van der Waals surface area contributed by atoms with Crippen molar-refractivity contribution in [3.05, 3.63) is 64.2 Å². The first-order valence-electron chi connectivity index (χ1n) is 9.54. The first kappa shape index (κ1) is 20.1. The number of hydrogen-bond donors (Lipinski definition) is 1. The number of halogens is 1. The number of imide groups is 2. The van der Waals surface area contributed by atoms with E-state index >= 15 is 0 Å². The number of benzene rings is 2. The zero-order valence-electron chi connectivity index (χ0n) is 16.4. The minimum absolute atomic E-state index is 0.120. The predicted octanol–water partition coefficient (Wildman–Crippen LogP) is 3.15. The highest BCUT2D eigenvalue weighted by Crippen LogP contribution is 2.27. The van der Waals surface area contributed by atoms with E-state index in [1.807, 2.05) is 31.2 Å². The van der Waals surface area contributed by atoms with Gasteiger partial charge in [0.1, 0.15) is 5.57 Å². The lowest BCUT2D eigenvalue weighted by Crippen LogP contribution is -2.54. The molecule has 2 aliphatic heterocycles. The monoisotopic (exact) mass is 425 g/mol. The Morgan fingerprint density at radius 1 is 1.00 bits per heavy atom. The topological polar surface area (TPSA) is 79.0 Å². The number of hydrogen-bond acceptors (Lipinski definition) is 5. The van der Waals surface area contributed by atoms with Crippen molar-refractivity contribution in [1.82, 2.24) is 5.32 Å². The number of rotatable bonds is 3. The Kier molecular flexibility index (Phi) is 5.57. The lowest BCUT2D eigenvalue weighted by atomic mass is 10.1. The van der Waals surface area contributed by atoms with E-state index in [0.29, 0.717) is 29.5 Å². The molecule has 2 aromatic carbocycles. The molecular formula is C22H20ClN3O4. The van der Waals surface area contributed by atoms with E-state index in [-0.39, 0.29) is 5.57 Å². The summed E-state index contributed by atoms with van der Waals surface area (Å²) >= 11 is 6.14. The fraction of sp³-hybridized carbons (Fsp3) is 0.227. The van der Waals surface area contributed by atoms with Crippen LogP contribution in [0.2, 0.25) is 5.02 Å². The summed E-state index contributed by atoms with van der Waals surface area (Å²) in [7, 11) is 0. The van der Waals surface area contributed by atoms with Gasteiger partial charge in [-0.05, 0) is 48.4 Å². The number of morpholine rings is 1. The number of amides is 4. The molecule has 30 heavy (non-hydrogen) atoms. The summed E-state index contributed by atoms with van der Waals surface area (Å²) in [6.07, 6.45) is 1.48. The summed E-state index contributed by atoms with van der Waals surface area (Å²) in [6.45, 7) is 4.83. The Labute approximate surface area is 178 Å². The van der Waals surface area contributed by atoms with Crippen LogP contribution in [-0.4, -0.2) is 44.1 Å². The summed E-state index contributed by atoms with van der Waals surface area (Å²) in [4.78, 5) is 40.8. The zero-order chi connectivity index (χ0) is 21.3. The second-order valence-corrected chi connectivity index (χ2v) is 7.49. The van der Waals surface area contributed by atoms with Crippen molar-refractivity contribution in [2.75, 3.05) is 36.1 Å². The van der Waals surface area contributed by atoms with Gasteiger partial charge in [0, 0.05) is 23.8 Å². The third kappa shape index (κ3) is 3.94. The van der Waals surface area contributed by atoms with E-state index < -0.39 is 17.8 Å². The van der Waals surface area contributed by atoms with Crippen molar-refractivity contribution in [3.63, 3.8) is 0 Å². The molecule has 0 saturated carbocycles. The number of aryl methyl sites for hydroxylation is 1. The predicted molar refractivity (Wildman–Crippen MR) is 115 cm³/mol. The first-order chi connectivity index (χ1) is 14.4. The van der Waals surface area contributed by atoms with E-state index in [9.17, 15) is 14.4 Å². The highest BCUT2D eigenvalue weighted by molar-refractivity contribution is 6.39. The van der Waals surface area contributed by atoms with Crippen LogP contribution in [0.25, 0.3) is 6.08 Å². The summed E-state index contributed by atoms with van der Waals surface area (Å²) in [5.41, 5.74) is 2.73. The van der Waals surface area contributed by atoms with E-state index in [2.05, 4.69) is 10.2 Å². The Bertz CT molecular complexity index is 1040. The van der Waals surface area contributed by atoms with Crippen molar-refractivity contribution in [2.45, 2.75) is 6.92 Å². The van der Waals surface area contributed by atoms with Crippen LogP contribution < -0.4 is 15.1 Å². The maximum Gasteiger partial charge on any atom is 0.335 e. The summed E-state index contributed by atoms with van der Waals surface area (Å²) in [5, 5.41) is 2.64. The molecule has 7 nitrogen and oxygen atoms in total. The van der Waals surface area contributed by atoms with Crippen LogP contribution in [-0.2, 0) is 14.3 Å².